The highest BCUT2D eigenvalue weighted by Gasteiger charge is 2.08. The van der Waals surface area contributed by atoms with E-state index < -0.39 is 0 Å². The maximum absolute atomic E-state index is 5.78. The monoisotopic (exact) mass is 262 g/mol. The Balaban J connectivity index is 1.98. The summed E-state index contributed by atoms with van der Waals surface area (Å²) in [5.74, 6) is 1.33. The SMILES string of the molecule is Clc1ccc(-c2n[nH]c(-c3cccs3)n2)nc1. The maximum atomic E-state index is 5.78. The molecular formula is C11H7ClN4S. The molecule has 0 aliphatic heterocycles. The Morgan fingerprint density at radius 3 is 2.88 bits per heavy atom. The van der Waals surface area contributed by atoms with Crippen LogP contribution in [0, 0.1) is 0 Å². The summed E-state index contributed by atoms with van der Waals surface area (Å²) < 4.78 is 0. The lowest BCUT2D eigenvalue weighted by Crippen LogP contribution is -1.84. The normalized spacial score (nSPS) is 10.6. The quantitative estimate of drug-likeness (QED) is 0.771. The van der Waals surface area contributed by atoms with Crippen LogP contribution in [0.15, 0.2) is 35.8 Å². The number of aromatic nitrogens is 4. The number of thiophene rings is 1. The van der Waals surface area contributed by atoms with E-state index in [2.05, 4.69) is 20.2 Å². The van der Waals surface area contributed by atoms with E-state index in [9.17, 15) is 0 Å². The maximum Gasteiger partial charge on any atom is 0.200 e. The van der Waals surface area contributed by atoms with Gasteiger partial charge in [0, 0.05) is 6.20 Å². The van der Waals surface area contributed by atoms with Crippen molar-refractivity contribution in [1.29, 1.82) is 0 Å². The van der Waals surface area contributed by atoms with Gasteiger partial charge in [-0.25, -0.2) is 4.98 Å². The van der Waals surface area contributed by atoms with Gasteiger partial charge in [-0.1, -0.05) is 17.7 Å². The van der Waals surface area contributed by atoms with Gasteiger partial charge in [-0.3, -0.25) is 10.1 Å². The molecule has 0 saturated carbocycles. The Hall–Kier alpha value is -1.72. The van der Waals surface area contributed by atoms with Crippen molar-refractivity contribution in [3.63, 3.8) is 0 Å². The van der Waals surface area contributed by atoms with Crippen LogP contribution >= 0.6 is 22.9 Å². The number of nitrogens with one attached hydrogen (secondary N) is 1. The summed E-state index contributed by atoms with van der Waals surface area (Å²) >= 11 is 7.39. The van der Waals surface area contributed by atoms with Gasteiger partial charge in [0.05, 0.1) is 9.90 Å². The van der Waals surface area contributed by atoms with Gasteiger partial charge in [-0.2, -0.15) is 5.10 Å². The first kappa shape index (κ1) is 10.4. The van der Waals surface area contributed by atoms with Crippen LogP contribution in [0.4, 0.5) is 0 Å². The first-order chi connectivity index (χ1) is 8.33. The van der Waals surface area contributed by atoms with Crippen molar-refractivity contribution in [1.82, 2.24) is 20.2 Å². The Kier molecular flexibility index (Phi) is 2.62. The molecule has 0 aromatic carbocycles. The summed E-state index contributed by atoms with van der Waals surface area (Å²) in [6, 6.07) is 7.53. The molecule has 84 valence electrons. The minimum atomic E-state index is 0.574. The highest BCUT2D eigenvalue weighted by Crippen LogP contribution is 2.23. The van der Waals surface area contributed by atoms with Crippen molar-refractivity contribution in [2.45, 2.75) is 0 Å². The van der Waals surface area contributed by atoms with Crippen molar-refractivity contribution in [2.75, 3.05) is 0 Å². The molecule has 0 saturated heterocycles. The molecular weight excluding hydrogens is 256 g/mol. The van der Waals surface area contributed by atoms with E-state index >= 15 is 0 Å². The van der Waals surface area contributed by atoms with Crippen molar-refractivity contribution in [2.24, 2.45) is 0 Å². The zero-order valence-electron chi connectivity index (χ0n) is 8.59. The molecule has 3 aromatic heterocycles. The number of rotatable bonds is 2. The molecule has 0 atom stereocenters. The number of aromatic amines is 1. The molecule has 0 unspecified atom stereocenters. The van der Waals surface area contributed by atoms with Gasteiger partial charge in [0.1, 0.15) is 5.69 Å². The fraction of sp³-hybridized carbons (Fsp3) is 0. The first-order valence-electron chi connectivity index (χ1n) is 4.91. The summed E-state index contributed by atoms with van der Waals surface area (Å²) in [5.41, 5.74) is 0.702. The van der Waals surface area contributed by atoms with E-state index in [0.29, 0.717) is 16.5 Å². The summed E-state index contributed by atoms with van der Waals surface area (Å²) in [7, 11) is 0. The smallest absolute Gasteiger partial charge is 0.200 e. The number of pyridine rings is 1. The molecule has 0 fully saturated rings. The highest BCUT2D eigenvalue weighted by molar-refractivity contribution is 7.13. The second-order valence-electron chi connectivity index (χ2n) is 3.35. The van der Waals surface area contributed by atoms with Crippen LogP contribution in [0.1, 0.15) is 0 Å². The first-order valence-corrected chi connectivity index (χ1v) is 6.17. The molecule has 0 amide bonds. The van der Waals surface area contributed by atoms with Crippen molar-refractivity contribution in [3.8, 4) is 22.2 Å². The van der Waals surface area contributed by atoms with E-state index in [4.69, 9.17) is 11.6 Å². The lowest BCUT2D eigenvalue weighted by molar-refractivity contribution is 1.09. The van der Waals surface area contributed by atoms with Crippen LogP contribution in [0.2, 0.25) is 5.02 Å². The van der Waals surface area contributed by atoms with Crippen LogP contribution in [-0.2, 0) is 0 Å². The van der Waals surface area contributed by atoms with Gasteiger partial charge in [0.15, 0.2) is 11.6 Å². The van der Waals surface area contributed by atoms with Crippen molar-refractivity contribution >= 4 is 22.9 Å². The van der Waals surface area contributed by atoms with Gasteiger partial charge in [0.25, 0.3) is 0 Å². The highest BCUT2D eigenvalue weighted by atomic mass is 35.5. The van der Waals surface area contributed by atoms with Crippen LogP contribution in [-0.4, -0.2) is 20.2 Å². The van der Waals surface area contributed by atoms with E-state index in [1.165, 1.54) is 0 Å². The van der Waals surface area contributed by atoms with E-state index in [1.54, 1.807) is 29.7 Å². The van der Waals surface area contributed by atoms with Gasteiger partial charge < -0.3 is 0 Å². The molecule has 0 radical (unpaired) electrons. The molecule has 3 rings (SSSR count). The zero-order chi connectivity index (χ0) is 11.7. The number of H-pyrrole nitrogens is 1. The van der Waals surface area contributed by atoms with Crippen molar-refractivity contribution < 1.29 is 0 Å². The minimum absolute atomic E-state index is 0.574. The van der Waals surface area contributed by atoms with E-state index in [0.717, 1.165) is 10.7 Å². The Bertz CT molecular complexity index is 615. The average Bonchev–Trinajstić information content (AvgIpc) is 3.00. The Labute approximate surface area is 106 Å². The molecule has 1 N–H and O–H groups in total. The molecule has 3 aromatic rings. The van der Waals surface area contributed by atoms with Crippen LogP contribution in [0.3, 0.4) is 0 Å². The Morgan fingerprint density at radius 2 is 2.18 bits per heavy atom. The largest absolute Gasteiger partial charge is 0.258 e. The molecule has 0 aliphatic carbocycles. The average molecular weight is 263 g/mol. The van der Waals surface area contributed by atoms with Crippen LogP contribution in [0.25, 0.3) is 22.2 Å². The molecule has 0 aliphatic rings. The van der Waals surface area contributed by atoms with E-state index in [1.807, 2.05) is 17.5 Å². The fourth-order valence-electron chi connectivity index (χ4n) is 1.41. The molecule has 0 spiro atoms. The van der Waals surface area contributed by atoms with Gasteiger partial charge >= 0.3 is 0 Å². The van der Waals surface area contributed by atoms with Gasteiger partial charge in [0.2, 0.25) is 0 Å². The number of nitrogens with zero attached hydrogens (tertiary/aromatic N) is 3. The molecule has 6 heteroatoms. The zero-order valence-corrected chi connectivity index (χ0v) is 10.2. The van der Waals surface area contributed by atoms with Gasteiger partial charge in [-0.15, -0.1) is 11.3 Å². The summed E-state index contributed by atoms with van der Waals surface area (Å²) in [6.07, 6.45) is 1.58. The molecule has 3 heterocycles. The number of hydrogen-bond donors (Lipinski definition) is 1. The topological polar surface area (TPSA) is 54.5 Å². The number of hydrogen-bond acceptors (Lipinski definition) is 4. The number of halogens is 1. The summed E-state index contributed by atoms with van der Waals surface area (Å²) in [6.45, 7) is 0. The third kappa shape index (κ3) is 2.07. The molecule has 4 nitrogen and oxygen atoms in total. The predicted octanol–water partition coefficient (Wildman–Crippen LogP) is 3.25. The minimum Gasteiger partial charge on any atom is -0.258 e. The second-order valence-corrected chi connectivity index (χ2v) is 4.73. The summed E-state index contributed by atoms with van der Waals surface area (Å²) in [4.78, 5) is 9.61. The van der Waals surface area contributed by atoms with Gasteiger partial charge in [-0.05, 0) is 23.6 Å². The fourth-order valence-corrected chi connectivity index (χ4v) is 2.18. The van der Waals surface area contributed by atoms with E-state index in [-0.39, 0.29) is 0 Å². The Morgan fingerprint density at radius 1 is 1.24 bits per heavy atom. The van der Waals surface area contributed by atoms with Crippen LogP contribution < -0.4 is 0 Å². The standard InChI is InChI=1S/C11H7ClN4S/c12-7-3-4-8(13-6-7)10-14-11(16-15-10)9-2-1-5-17-9/h1-6H,(H,14,15,16). The second kappa shape index (κ2) is 4.27. The van der Waals surface area contributed by atoms with Crippen LogP contribution in [0.5, 0.6) is 0 Å². The third-order valence-electron chi connectivity index (χ3n) is 2.20. The predicted molar refractivity (Wildman–Crippen MR) is 67.9 cm³/mol. The molecule has 17 heavy (non-hydrogen) atoms. The lowest BCUT2D eigenvalue weighted by Gasteiger charge is -1.93. The lowest BCUT2D eigenvalue weighted by atomic mass is 10.3. The summed E-state index contributed by atoms with van der Waals surface area (Å²) in [5, 5.41) is 9.63. The third-order valence-corrected chi connectivity index (χ3v) is 3.30. The van der Waals surface area contributed by atoms with Crippen molar-refractivity contribution in [3.05, 3.63) is 40.9 Å². The molecule has 0 bridgehead atoms.